The standard InChI is InChI=1S/C18H24N2/c1-4-20-18(17-13-19-11-10-15(17)3)9-8-16-7-5-6-14(2)12-16/h5-7,10-13,18,20H,4,8-9H2,1-3H3. The fourth-order valence-corrected chi connectivity index (χ4v) is 2.63. The molecule has 1 heterocycles. The second-order valence-electron chi connectivity index (χ2n) is 5.37. The minimum absolute atomic E-state index is 0.384. The van der Waals surface area contributed by atoms with Gasteiger partial charge in [-0.2, -0.15) is 0 Å². The van der Waals surface area contributed by atoms with E-state index in [9.17, 15) is 0 Å². The molecule has 1 N–H and O–H groups in total. The monoisotopic (exact) mass is 268 g/mol. The molecule has 0 radical (unpaired) electrons. The van der Waals surface area contributed by atoms with Gasteiger partial charge in [0.15, 0.2) is 0 Å². The Kier molecular flexibility index (Phi) is 5.31. The van der Waals surface area contributed by atoms with Crippen molar-refractivity contribution in [2.75, 3.05) is 6.54 Å². The molecule has 0 saturated carbocycles. The first-order chi connectivity index (χ1) is 9.70. The Labute approximate surface area is 122 Å². The lowest BCUT2D eigenvalue weighted by Crippen LogP contribution is -2.22. The zero-order valence-electron chi connectivity index (χ0n) is 12.7. The Bertz CT molecular complexity index is 549. The molecular formula is C18H24N2. The van der Waals surface area contributed by atoms with E-state index in [0.29, 0.717) is 6.04 Å². The predicted molar refractivity (Wildman–Crippen MR) is 84.9 cm³/mol. The lowest BCUT2D eigenvalue weighted by atomic mass is 9.96. The highest BCUT2D eigenvalue weighted by molar-refractivity contribution is 5.26. The van der Waals surface area contributed by atoms with Crippen molar-refractivity contribution in [2.24, 2.45) is 0 Å². The topological polar surface area (TPSA) is 24.9 Å². The normalized spacial score (nSPS) is 12.3. The van der Waals surface area contributed by atoms with Gasteiger partial charge in [-0.3, -0.25) is 4.98 Å². The summed E-state index contributed by atoms with van der Waals surface area (Å²) in [5.41, 5.74) is 5.38. The molecule has 1 unspecified atom stereocenters. The molecule has 0 aliphatic heterocycles. The summed E-state index contributed by atoms with van der Waals surface area (Å²) >= 11 is 0. The summed E-state index contributed by atoms with van der Waals surface area (Å²) in [7, 11) is 0. The zero-order valence-corrected chi connectivity index (χ0v) is 12.7. The molecule has 2 nitrogen and oxygen atoms in total. The molecule has 2 rings (SSSR count). The number of aryl methyl sites for hydroxylation is 3. The quantitative estimate of drug-likeness (QED) is 0.857. The number of rotatable bonds is 6. The molecule has 0 amide bonds. The van der Waals surface area contributed by atoms with Crippen molar-refractivity contribution >= 4 is 0 Å². The number of hydrogen-bond acceptors (Lipinski definition) is 2. The molecule has 1 aromatic carbocycles. The Morgan fingerprint density at radius 2 is 2.05 bits per heavy atom. The number of hydrogen-bond donors (Lipinski definition) is 1. The molecule has 106 valence electrons. The smallest absolute Gasteiger partial charge is 0.0341 e. The van der Waals surface area contributed by atoms with Crippen LogP contribution in [0.5, 0.6) is 0 Å². The van der Waals surface area contributed by atoms with Crippen molar-refractivity contribution in [1.82, 2.24) is 10.3 Å². The molecule has 0 fully saturated rings. The van der Waals surface area contributed by atoms with Gasteiger partial charge in [-0.25, -0.2) is 0 Å². The average molecular weight is 268 g/mol. The highest BCUT2D eigenvalue weighted by atomic mass is 14.9. The third-order valence-corrected chi connectivity index (χ3v) is 3.71. The summed E-state index contributed by atoms with van der Waals surface area (Å²) in [6, 6.07) is 11.3. The van der Waals surface area contributed by atoms with Crippen LogP contribution in [0.4, 0.5) is 0 Å². The fourth-order valence-electron chi connectivity index (χ4n) is 2.63. The number of nitrogens with one attached hydrogen (secondary N) is 1. The van der Waals surface area contributed by atoms with E-state index in [1.807, 2.05) is 12.4 Å². The minimum Gasteiger partial charge on any atom is -0.310 e. The fraction of sp³-hybridized carbons (Fsp3) is 0.389. The van der Waals surface area contributed by atoms with Crippen LogP contribution >= 0.6 is 0 Å². The molecule has 0 bridgehead atoms. The Morgan fingerprint density at radius 1 is 1.20 bits per heavy atom. The van der Waals surface area contributed by atoms with E-state index in [1.54, 1.807) is 0 Å². The zero-order chi connectivity index (χ0) is 14.4. The highest BCUT2D eigenvalue weighted by Crippen LogP contribution is 2.21. The maximum Gasteiger partial charge on any atom is 0.0341 e. The van der Waals surface area contributed by atoms with Gasteiger partial charge in [0.1, 0.15) is 0 Å². The summed E-state index contributed by atoms with van der Waals surface area (Å²) in [5.74, 6) is 0. The van der Waals surface area contributed by atoms with Crippen molar-refractivity contribution in [3.05, 3.63) is 65.0 Å². The molecule has 0 saturated heterocycles. The van der Waals surface area contributed by atoms with Crippen molar-refractivity contribution in [2.45, 2.75) is 39.7 Å². The van der Waals surface area contributed by atoms with Gasteiger partial charge in [-0.1, -0.05) is 36.8 Å². The first kappa shape index (κ1) is 14.7. The molecule has 20 heavy (non-hydrogen) atoms. The van der Waals surface area contributed by atoms with E-state index in [2.05, 4.69) is 61.4 Å². The maximum absolute atomic E-state index is 4.28. The van der Waals surface area contributed by atoms with Crippen molar-refractivity contribution < 1.29 is 0 Å². The number of benzene rings is 1. The van der Waals surface area contributed by atoms with Crippen LogP contribution in [0.1, 0.15) is 41.6 Å². The van der Waals surface area contributed by atoms with Gasteiger partial charge in [-0.05, 0) is 56.0 Å². The Morgan fingerprint density at radius 3 is 2.75 bits per heavy atom. The van der Waals surface area contributed by atoms with Gasteiger partial charge >= 0.3 is 0 Å². The van der Waals surface area contributed by atoms with E-state index < -0.39 is 0 Å². The first-order valence-electron chi connectivity index (χ1n) is 7.40. The summed E-state index contributed by atoms with van der Waals surface area (Å²) in [6.07, 6.45) is 6.05. The van der Waals surface area contributed by atoms with Crippen molar-refractivity contribution in [3.63, 3.8) is 0 Å². The predicted octanol–water partition coefficient (Wildman–Crippen LogP) is 3.98. The lowest BCUT2D eigenvalue weighted by Gasteiger charge is -2.20. The molecule has 1 aromatic heterocycles. The second kappa shape index (κ2) is 7.20. The molecule has 0 aliphatic rings. The van der Waals surface area contributed by atoms with E-state index in [4.69, 9.17) is 0 Å². The van der Waals surface area contributed by atoms with Gasteiger partial charge in [-0.15, -0.1) is 0 Å². The highest BCUT2D eigenvalue weighted by Gasteiger charge is 2.12. The van der Waals surface area contributed by atoms with E-state index in [-0.39, 0.29) is 0 Å². The molecule has 0 spiro atoms. The first-order valence-corrected chi connectivity index (χ1v) is 7.40. The third kappa shape index (κ3) is 3.91. The van der Waals surface area contributed by atoms with Gasteiger partial charge in [0.05, 0.1) is 0 Å². The maximum atomic E-state index is 4.28. The van der Waals surface area contributed by atoms with Gasteiger partial charge in [0.25, 0.3) is 0 Å². The summed E-state index contributed by atoms with van der Waals surface area (Å²) in [5, 5.41) is 3.58. The van der Waals surface area contributed by atoms with Crippen molar-refractivity contribution in [3.8, 4) is 0 Å². The summed E-state index contributed by atoms with van der Waals surface area (Å²) < 4.78 is 0. The van der Waals surface area contributed by atoms with Crippen LogP contribution in [0.2, 0.25) is 0 Å². The number of nitrogens with zero attached hydrogens (tertiary/aromatic N) is 1. The second-order valence-corrected chi connectivity index (χ2v) is 5.37. The molecular weight excluding hydrogens is 244 g/mol. The number of aromatic nitrogens is 1. The van der Waals surface area contributed by atoms with E-state index in [1.165, 1.54) is 22.3 Å². The molecule has 0 aliphatic carbocycles. The van der Waals surface area contributed by atoms with Crippen LogP contribution in [0.25, 0.3) is 0 Å². The van der Waals surface area contributed by atoms with E-state index >= 15 is 0 Å². The van der Waals surface area contributed by atoms with Crippen LogP contribution in [0.3, 0.4) is 0 Å². The van der Waals surface area contributed by atoms with E-state index in [0.717, 1.165) is 19.4 Å². The van der Waals surface area contributed by atoms with Gasteiger partial charge < -0.3 is 5.32 Å². The largest absolute Gasteiger partial charge is 0.310 e. The number of pyridine rings is 1. The van der Waals surface area contributed by atoms with Gasteiger partial charge in [0.2, 0.25) is 0 Å². The van der Waals surface area contributed by atoms with Crippen LogP contribution < -0.4 is 5.32 Å². The van der Waals surface area contributed by atoms with Crippen LogP contribution in [0.15, 0.2) is 42.7 Å². The van der Waals surface area contributed by atoms with Gasteiger partial charge in [0, 0.05) is 18.4 Å². The lowest BCUT2D eigenvalue weighted by molar-refractivity contribution is 0.512. The SMILES string of the molecule is CCNC(CCc1cccc(C)c1)c1cnccc1C. The van der Waals surface area contributed by atoms with Crippen LogP contribution in [-0.2, 0) is 6.42 Å². The minimum atomic E-state index is 0.384. The van der Waals surface area contributed by atoms with Crippen molar-refractivity contribution in [1.29, 1.82) is 0 Å². The van der Waals surface area contributed by atoms with Crippen LogP contribution in [0, 0.1) is 13.8 Å². The summed E-state index contributed by atoms with van der Waals surface area (Å²) in [6.45, 7) is 7.45. The molecule has 2 aromatic rings. The Balaban J connectivity index is 2.08. The molecule has 2 heteroatoms. The third-order valence-electron chi connectivity index (χ3n) is 3.71. The summed E-state index contributed by atoms with van der Waals surface area (Å²) in [4.78, 5) is 4.28. The van der Waals surface area contributed by atoms with Crippen LogP contribution in [-0.4, -0.2) is 11.5 Å². The molecule has 1 atom stereocenters. The average Bonchev–Trinajstić information content (AvgIpc) is 2.44. The Hall–Kier alpha value is -1.67.